The van der Waals surface area contributed by atoms with Crippen LogP contribution in [0.4, 0.5) is 17.6 Å². The highest BCUT2D eigenvalue weighted by Crippen LogP contribution is 2.23. The molecule has 0 amide bonds. The van der Waals surface area contributed by atoms with Crippen molar-refractivity contribution in [3.05, 3.63) is 23.9 Å². The summed E-state index contributed by atoms with van der Waals surface area (Å²) >= 11 is 0. The van der Waals surface area contributed by atoms with Crippen LogP contribution in [0, 0.1) is 0 Å². The Kier molecular flexibility index (Phi) is 4.05. The van der Waals surface area contributed by atoms with E-state index in [1.54, 1.807) is 0 Å². The Morgan fingerprint density at radius 3 is 2.50 bits per heavy atom. The maximum absolute atomic E-state index is 12.4. The Hall–Kier alpha value is -1.37. The van der Waals surface area contributed by atoms with E-state index < -0.39 is 19.0 Å². The summed E-state index contributed by atoms with van der Waals surface area (Å²) in [6.45, 7) is -1.68. The number of rotatable bonds is 5. The monoisotopic (exact) mass is 239 g/mol. The zero-order valence-electron chi connectivity index (χ0n) is 8.04. The molecule has 0 aliphatic carbocycles. The molecule has 0 saturated heterocycles. The van der Waals surface area contributed by atoms with Crippen LogP contribution in [-0.4, -0.2) is 29.0 Å². The second-order valence-corrected chi connectivity index (χ2v) is 3.01. The largest absolute Gasteiger partial charge is 0.471 e. The van der Waals surface area contributed by atoms with Crippen molar-refractivity contribution in [1.29, 1.82) is 0 Å². The van der Waals surface area contributed by atoms with E-state index in [9.17, 15) is 17.6 Å². The second-order valence-electron chi connectivity index (χ2n) is 3.01. The maximum atomic E-state index is 12.4. The van der Waals surface area contributed by atoms with Gasteiger partial charge in [0.1, 0.15) is 0 Å². The molecule has 16 heavy (non-hydrogen) atoms. The van der Waals surface area contributed by atoms with Crippen molar-refractivity contribution >= 4 is 0 Å². The quantitative estimate of drug-likeness (QED) is 0.797. The molecule has 1 aromatic heterocycles. The lowest BCUT2D eigenvalue weighted by molar-refractivity contribution is -0.148. The van der Waals surface area contributed by atoms with Gasteiger partial charge in [-0.25, -0.2) is 13.8 Å². The number of halogens is 4. The first-order valence-electron chi connectivity index (χ1n) is 4.30. The van der Waals surface area contributed by atoms with Crippen LogP contribution in [0.5, 0.6) is 5.88 Å². The molecule has 0 aliphatic rings. The molecule has 90 valence electrons. The summed E-state index contributed by atoms with van der Waals surface area (Å²) in [4.78, 5) is 3.55. The van der Waals surface area contributed by atoms with E-state index in [0.717, 1.165) is 0 Å². The molecule has 0 aliphatic heterocycles. The summed E-state index contributed by atoms with van der Waals surface area (Å²) < 4.78 is 52.8. The van der Waals surface area contributed by atoms with Gasteiger partial charge in [0.05, 0.1) is 6.61 Å². The number of ether oxygens (including phenoxy) is 1. The third kappa shape index (κ3) is 3.34. The first kappa shape index (κ1) is 12.7. The van der Waals surface area contributed by atoms with Crippen LogP contribution >= 0.6 is 0 Å². The molecule has 1 rings (SSSR count). The lowest BCUT2D eigenvalue weighted by Gasteiger charge is -2.15. The molecule has 1 aromatic rings. The van der Waals surface area contributed by atoms with Crippen molar-refractivity contribution in [2.24, 2.45) is 0 Å². The van der Waals surface area contributed by atoms with Crippen molar-refractivity contribution in [3.63, 3.8) is 0 Å². The first-order valence-corrected chi connectivity index (χ1v) is 4.30. The smallest absolute Gasteiger partial charge is 0.340 e. The van der Waals surface area contributed by atoms with Gasteiger partial charge in [0.2, 0.25) is 5.88 Å². The number of nitrogens with zero attached hydrogens (tertiary/aromatic N) is 1. The van der Waals surface area contributed by atoms with Gasteiger partial charge in [-0.2, -0.15) is 8.78 Å². The predicted octanol–water partition coefficient (Wildman–Crippen LogP) is 1.85. The van der Waals surface area contributed by atoms with Crippen LogP contribution in [-0.2, 0) is 6.61 Å². The van der Waals surface area contributed by atoms with Gasteiger partial charge >= 0.3 is 12.3 Å². The van der Waals surface area contributed by atoms with Gasteiger partial charge in [0, 0.05) is 12.3 Å². The second kappa shape index (κ2) is 5.11. The summed E-state index contributed by atoms with van der Waals surface area (Å²) in [5.74, 6) is -4.39. The van der Waals surface area contributed by atoms with Crippen LogP contribution < -0.4 is 4.74 Å². The highest BCUT2D eigenvalue weighted by molar-refractivity contribution is 5.17. The molecule has 1 N–H and O–H groups in total. The van der Waals surface area contributed by atoms with E-state index >= 15 is 0 Å². The molecular formula is C9H9F4NO2. The summed E-state index contributed by atoms with van der Waals surface area (Å²) in [5, 5.41) is 8.66. The Labute approximate surface area is 88.7 Å². The Bertz CT molecular complexity index is 329. The van der Waals surface area contributed by atoms with E-state index in [-0.39, 0.29) is 12.5 Å². The van der Waals surface area contributed by atoms with Gasteiger partial charge in [-0.3, -0.25) is 0 Å². The molecule has 0 spiro atoms. The standard InChI is InChI=1S/C9H9F4NO2/c10-8(11)9(12,13)5-16-7-2-1-6(4-15)3-14-7/h1-3,8,15H,4-5H2. The zero-order valence-corrected chi connectivity index (χ0v) is 8.04. The molecule has 3 nitrogen and oxygen atoms in total. The average molecular weight is 239 g/mol. The minimum Gasteiger partial charge on any atom is -0.471 e. The van der Waals surface area contributed by atoms with Gasteiger partial charge in [-0.05, 0) is 11.6 Å². The summed E-state index contributed by atoms with van der Waals surface area (Å²) in [6, 6.07) is 2.61. The number of aliphatic hydroxyl groups is 1. The maximum Gasteiger partial charge on any atom is 0.340 e. The Balaban J connectivity index is 2.54. The first-order chi connectivity index (χ1) is 7.45. The van der Waals surface area contributed by atoms with Gasteiger partial charge in [-0.1, -0.05) is 0 Å². The van der Waals surface area contributed by atoms with Crippen LogP contribution in [0.25, 0.3) is 0 Å². The van der Waals surface area contributed by atoms with Gasteiger partial charge in [-0.15, -0.1) is 0 Å². The van der Waals surface area contributed by atoms with Crippen LogP contribution in [0.2, 0.25) is 0 Å². The molecule has 0 fully saturated rings. The normalized spacial score (nSPS) is 11.9. The number of alkyl halides is 4. The highest BCUT2D eigenvalue weighted by Gasteiger charge is 2.41. The Morgan fingerprint density at radius 1 is 1.38 bits per heavy atom. The molecule has 0 unspecified atom stereocenters. The molecule has 0 atom stereocenters. The van der Waals surface area contributed by atoms with Crippen molar-refractivity contribution < 1.29 is 27.4 Å². The fourth-order valence-electron chi connectivity index (χ4n) is 0.823. The van der Waals surface area contributed by atoms with E-state index in [1.165, 1.54) is 18.3 Å². The highest BCUT2D eigenvalue weighted by atomic mass is 19.3. The van der Waals surface area contributed by atoms with Crippen LogP contribution in [0.3, 0.4) is 0 Å². The minimum atomic E-state index is -4.20. The summed E-state index contributed by atoms with van der Waals surface area (Å²) in [6.07, 6.45) is -2.57. The van der Waals surface area contributed by atoms with Gasteiger partial charge < -0.3 is 9.84 Å². The van der Waals surface area contributed by atoms with Gasteiger partial charge in [0.15, 0.2) is 6.61 Å². The molecular weight excluding hydrogens is 230 g/mol. The van der Waals surface area contributed by atoms with Crippen LogP contribution in [0.1, 0.15) is 5.56 Å². The number of hydrogen-bond acceptors (Lipinski definition) is 3. The molecule has 0 radical (unpaired) electrons. The third-order valence-electron chi connectivity index (χ3n) is 1.71. The number of aliphatic hydroxyl groups excluding tert-OH is 1. The van der Waals surface area contributed by atoms with E-state index in [0.29, 0.717) is 5.56 Å². The summed E-state index contributed by atoms with van der Waals surface area (Å²) in [7, 11) is 0. The molecule has 0 bridgehead atoms. The van der Waals surface area contributed by atoms with Crippen molar-refractivity contribution in [1.82, 2.24) is 4.98 Å². The molecule has 1 heterocycles. The van der Waals surface area contributed by atoms with E-state index in [2.05, 4.69) is 9.72 Å². The number of aromatic nitrogens is 1. The average Bonchev–Trinajstić information content (AvgIpc) is 2.27. The lowest BCUT2D eigenvalue weighted by Crippen LogP contribution is -2.33. The molecule has 0 aromatic carbocycles. The SMILES string of the molecule is OCc1ccc(OCC(F)(F)C(F)F)nc1. The van der Waals surface area contributed by atoms with E-state index in [4.69, 9.17) is 5.11 Å². The van der Waals surface area contributed by atoms with E-state index in [1.807, 2.05) is 0 Å². The van der Waals surface area contributed by atoms with Gasteiger partial charge in [0.25, 0.3) is 0 Å². The topological polar surface area (TPSA) is 42.4 Å². The fraction of sp³-hybridized carbons (Fsp3) is 0.444. The molecule has 7 heteroatoms. The van der Waals surface area contributed by atoms with Crippen molar-refractivity contribution in [2.45, 2.75) is 19.0 Å². The lowest BCUT2D eigenvalue weighted by atomic mass is 10.3. The zero-order chi connectivity index (χ0) is 12.2. The number of pyridine rings is 1. The van der Waals surface area contributed by atoms with Crippen molar-refractivity contribution in [3.8, 4) is 5.88 Å². The fourth-order valence-corrected chi connectivity index (χ4v) is 0.823. The molecule has 0 saturated carbocycles. The summed E-state index contributed by atoms with van der Waals surface area (Å²) in [5.41, 5.74) is 0.466. The third-order valence-corrected chi connectivity index (χ3v) is 1.71. The van der Waals surface area contributed by atoms with Crippen LogP contribution in [0.15, 0.2) is 18.3 Å². The van der Waals surface area contributed by atoms with Crippen molar-refractivity contribution in [2.75, 3.05) is 6.61 Å². The number of hydrogen-bond donors (Lipinski definition) is 1. The Morgan fingerprint density at radius 2 is 2.06 bits per heavy atom. The minimum absolute atomic E-state index is 0.197. The predicted molar refractivity (Wildman–Crippen MR) is 46.6 cm³/mol.